The van der Waals surface area contributed by atoms with Crippen molar-refractivity contribution < 1.29 is 4.74 Å². The summed E-state index contributed by atoms with van der Waals surface area (Å²) >= 11 is 0. The highest BCUT2D eigenvalue weighted by atomic mass is 16.5. The largest absolute Gasteiger partial charge is 0.467 e. The van der Waals surface area contributed by atoms with E-state index >= 15 is 0 Å². The lowest BCUT2D eigenvalue weighted by molar-refractivity contribution is 0.378. The fourth-order valence-corrected chi connectivity index (χ4v) is 1.07. The number of nitrogens with zero attached hydrogens (tertiary/aromatic N) is 5. The van der Waals surface area contributed by atoms with Gasteiger partial charge in [0.15, 0.2) is 0 Å². The fraction of sp³-hybridized carbons (Fsp3) is 0.667. The molecular weight excluding hydrogens is 208 g/mol. The van der Waals surface area contributed by atoms with Crippen molar-refractivity contribution in [2.45, 2.75) is 0 Å². The van der Waals surface area contributed by atoms with Gasteiger partial charge in [-0.05, 0) is 14.1 Å². The third kappa shape index (κ3) is 3.50. The van der Waals surface area contributed by atoms with Gasteiger partial charge in [0, 0.05) is 20.1 Å². The molecule has 0 bridgehead atoms. The van der Waals surface area contributed by atoms with Gasteiger partial charge in [-0.2, -0.15) is 15.0 Å². The Balaban J connectivity index is 2.74. The molecule has 7 heteroatoms. The average molecular weight is 226 g/mol. The van der Waals surface area contributed by atoms with Crippen molar-refractivity contribution in [3.05, 3.63) is 0 Å². The Morgan fingerprint density at radius 2 is 1.81 bits per heavy atom. The summed E-state index contributed by atoms with van der Waals surface area (Å²) in [4.78, 5) is 16.0. The maximum absolute atomic E-state index is 5.55. The summed E-state index contributed by atoms with van der Waals surface area (Å²) in [6.45, 7) is 1.71. The van der Waals surface area contributed by atoms with Crippen molar-refractivity contribution in [3.63, 3.8) is 0 Å². The molecule has 0 saturated carbocycles. The van der Waals surface area contributed by atoms with E-state index in [1.807, 2.05) is 26.0 Å². The van der Waals surface area contributed by atoms with Crippen molar-refractivity contribution in [1.82, 2.24) is 19.9 Å². The number of hydrogen-bond acceptors (Lipinski definition) is 7. The topological polar surface area (TPSA) is 80.4 Å². The second-order valence-corrected chi connectivity index (χ2v) is 3.71. The number of ether oxygens (including phenoxy) is 1. The highest BCUT2D eigenvalue weighted by Crippen LogP contribution is 2.11. The maximum Gasteiger partial charge on any atom is 0.322 e. The van der Waals surface area contributed by atoms with E-state index in [1.165, 1.54) is 7.11 Å². The summed E-state index contributed by atoms with van der Waals surface area (Å²) in [5.41, 5.74) is 5.55. The van der Waals surface area contributed by atoms with Gasteiger partial charge in [0.2, 0.25) is 11.9 Å². The lowest BCUT2D eigenvalue weighted by Crippen LogP contribution is -2.30. The minimum atomic E-state index is 0.165. The molecule has 0 atom stereocenters. The normalized spacial score (nSPS) is 10.6. The van der Waals surface area contributed by atoms with E-state index < -0.39 is 0 Å². The summed E-state index contributed by atoms with van der Waals surface area (Å²) in [6, 6.07) is 0.235. The Hall–Kier alpha value is -1.63. The van der Waals surface area contributed by atoms with Gasteiger partial charge in [0.1, 0.15) is 0 Å². The first-order valence-electron chi connectivity index (χ1n) is 4.94. The maximum atomic E-state index is 5.55. The SMILES string of the molecule is COc1nc(N)nc(N(C)CCN(C)C)n1. The number of nitrogens with two attached hydrogens (primary N) is 1. The molecule has 1 rings (SSSR count). The Labute approximate surface area is 95.3 Å². The van der Waals surface area contributed by atoms with Crippen molar-refractivity contribution in [2.24, 2.45) is 0 Å². The monoisotopic (exact) mass is 226 g/mol. The summed E-state index contributed by atoms with van der Waals surface area (Å²) < 4.78 is 4.93. The molecule has 0 aliphatic rings. The molecule has 0 spiro atoms. The molecule has 1 aromatic rings. The van der Waals surface area contributed by atoms with Crippen molar-refractivity contribution in [2.75, 3.05) is 52.0 Å². The molecule has 0 aliphatic heterocycles. The van der Waals surface area contributed by atoms with Gasteiger partial charge >= 0.3 is 6.01 Å². The third-order valence-corrected chi connectivity index (χ3v) is 2.03. The van der Waals surface area contributed by atoms with Crippen LogP contribution in [0.2, 0.25) is 0 Å². The predicted molar refractivity (Wildman–Crippen MR) is 62.6 cm³/mol. The number of likely N-dealkylation sites (N-methyl/N-ethyl adjacent to an activating group) is 2. The zero-order valence-electron chi connectivity index (χ0n) is 10.1. The van der Waals surface area contributed by atoms with Crippen LogP contribution in [0.4, 0.5) is 11.9 Å². The molecule has 0 unspecified atom stereocenters. The first-order chi connectivity index (χ1) is 7.52. The van der Waals surface area contributed by atoms with E-state index in [0.29, 0.717) is 5.95 Å². The molecule has 16 heavy (non-hydrogen) atoms. The van der Waals surface area contributed by atoms with E-state index in [-0.39, 0.29) is 12.0 Å². The van der Waals surface area contributed by atoms with Crippen LogP contribution in [0.25, 0.3) is 0 Å². The van der Waals surface area contributed by atoms with Crippen LogP contribution in [-0.4, -0.2) is 61.2 Å². The van der Waals surface area contributed by atoms with E-state index in [2.05, 4.69) is 19.9 Å². The Morgan fingerprint density at radius 3 is 2.38 bits per heavy atom. The third-order valence-electron chi connectivity index (χ3n) is 2.03. The van der Waals surface area contributed by atoms with Gasteiger partial charge in [-0.15, -0.1) is 0 Å². The summed E-state index contributed by atoms with van der Waals surface area (Å²) in [5, 5.41) is 0. The lowest BCUT2D eigenvalue weighted by Gasteiger charge is -2.19. The number of anilines is 2. The smallest absolute Gasteiger partial charge is 0.322 e. The highest BCUT2D eigenvalue weighted by molar-refractivity contribution is 5.34. The van der Waals surface area contributed by atoms with Crippen molar-refractivity contribution in [3.8, 4) is 6.01 Å². The second kappa shape index (κ2) is 5.45. The van der Waals surface area contributed by atoms with Crippen LogP contribution in [0.3, 0.4) is 0 Å². The second-order valence-electron chi connectivity index (χ2n) is 3.71. The number of nitrogen functional groups attached to an aromatic ring is 1. The van der Waals surface area contributed by atoms with Gasteiger partial charge < -0.3 is 20.3 Å². The first-order valence-corrected chi connectivity index (χ1v) is 4.94. The van der Waals surface area contributed by atoms with E-state index in [9.17, 15) is 0 Å². The number of methoxy groups -OCH3 is 1. The highest BCUT2D eigenvalue weighted by Gasteiger charge is 2.09. The molecule has 0 saturated heterocycles. The molecule has 7 nitrogen and oxygen atoms in total. The van der Waals surface area contributed by atoms with E-state index in [0.717, 1.165) is 13.1 Å². The fourth-order valence-electron chi connectivity index (χ4n) is 1.07. The molecule has 1 heterocycles. The molecule has 0 aliphatic carbocycles. The van der Waals surface area contributed by atoms with Crippen molar-refractivity contribution in [1.29, 1.82) is 0 Å². The molecule has 0 aromatic carbocycles. The minimum Gasteiger partial charge on any atom is -0.467 e. The number of rotatable bonds is 5. The Kier molecular flexibility index (Phi) is 4.24. The first kappa shape index (κ1) is 12.4. The molecule has 2 N–H and O–H groups in total. The van der Waals surface area contributed by atoms with Crippen LogP contribution < -0.4 is 15.4 Å². The van der Waals surface area contributed by atoms with Gasteiger partial charge in [-0.3, -0.25) is 0 Å². The minimum absolute atomic E-state index is 0.165. The van der Waals surface area contributed by atoms with Gasteiger partial charge in [0.25, 0.3) is 0 Å². The predicted octanol–water partition coefficient (Wildman–Crippen LogP) is -0.540. The Morgan fingerprint density at radius 1 is 1.12 bits per heavy atom. The molecule has 0 fully saturated rings. The number of hydrogen-bond donors (Lipinski definition) is 1. The van der Waals surface area contributed by atoms with Crippen LogP contribution in [0.1, 0.15) is 0 Å². The summed E-state index contributed by atoms with van der Waals surface area (Å²) in [5.74, 6) is 0.685. The summed E-state index contributed by atoms with van der Waals surface area (Å²) in [7, 11) is 7.42. The molecule has 1 aromatic heterocycles. The van der Waals surface area contributed by atoms with E-state index in [4.69, 9.17) is 10.5 Å². The van der Waals surface area contributed by atoms with Crippen LogP contribution in [0, 0.1) is 0 Å². The van der Waals surface area contributed by atoms with Crippen LogP contribution in [0.5, 0.6) is 6.01 Å². The quantitative estimate of drug-likeness (QED) is 0.722. The zero-order chi connectivity index (χ0) is 12.1. The Bertz CT molecular complexity index is 343. The van der Waals surface area contributed by atoms with Crippen LogP contribution in [-0.2, 0) is 0 Å². The molecule has 0 amide bonds. The molecular formula is C9H18N6O. The van der Waals surface area contributed by atoms with E-state index in [1.54, 1.807) is 0 Å². The summed E-state index contributed by atoms with van der Waals surface area (Å²) in [6.07, 6.45) is 0. The average Bonchev–Trinajstić information content (AvgIpc) is 2.24. The van der Waals surface area contributed by atoms with Crippen LogP contribution >= 0.6 is 0 Å². The van der Waals surface area contributed by atoms with Crippen LogP contribution in [0.15, 0.2) is 0 Å². The molecule has 0 radical (unpaired) electrons. The number of aromatic nitrogens is 3. The zero-order valence-corrected chi connectivity index (χ0v) is 10.1. The van der Waals surface area contributed by atoms with Gasteiger partial charge in [-0.25, -0.2) is 0 Å². The van der Waals surface area contributed by atoms with Gasteiger partial charge in [-0.1, -0.05) is 0 Å². The van der Waals surface area contributed by atoms with Crippen molar-refractivity contribution >= 4 is 11.9 Å². The lowest BCUT2D eigenvalue weighted by atomic mass is 10.5. The standard InChI is InChI=1S/C9H18N6O/c1-14(2)5-6-15(3)8-11-7(10)12-9(13-8)16-4/h5-6H2,1-4H3,(H2,10,11,12,13). The van der Waals surface area contributed by atoms with Gasteiger partial charge in [0.05, 0.1) is 7.11 Å². The molecule has 90 valence electrons.